The van der Waals surface area contributed by atoms with Crippen LogP contribution in [0.3, 0.4) is 0 Å². The molecule has 1 saturated heterocycles. The van der Waals surface area contributed by atoms with Crippen LogP contribution in [0.4, 0.5) is 0 Å². The topological polar surface area (TPSA) is 99.0 Å². The molecule has 0 radical (unpaired) electrons. The first kappa shape index (κ1) is 14.9. The lowest BCUT2D eigenvalue weighted by Crippen LogP contribution is -2.59. The zero-order chi connectivity index (χ0) is 14.7. The molecule has 6 nitrogen and oxygen atoms in total. The molecule has 0 saturated carbocycles. The van der Waals surface area contributed by atoms with Crippen molar-refractivity contribution >= 4 is 5.91 Å². The molecule has 1 aromatic rings. The number of rotatable bonds is 3. The fourth-order valence-corrected chi connectivity index (χ4v) is 2.19. The molecule has 0 aliphatic carbocycles. The van der Waals surface area contributed by atoms with E-state index < -0.39 is 30.5 Å². The summed E-state index contributed by atoms with van der Waals surface area (Å²) < 4.78 is 5.39. The van der Waals surface area contributed by atoms with Crippen LogP contribution in [-0.4, -0.2) is 58.3 Å². The van der Waals surface area contributed by atoms with Crippen molar-refractivity contribution in [3.05, 3.63) is 35.9 Å². The van der Waals surface area contributed by atoms with Gasteiger partial charge in [-0.2, -0.15) is 0 Å². The predicted octanol–water partition coefficient (Wildman–Crippen LogP) is -0.714. The molecule has 1 aliphatic heterocycles. The van der Waals surface area contributed by atoms with E-state index in [1.165, 1.54) is 0 Å². The van der Waals surface area contributed by atoms with Crippen LogP contribution in [0.15, 0.2) is 30.3 Å². The summed E-state index contributed by atoms with van der Waals surface area (Å²) in [5.74, 6) is -0.283. The highest BCUT2D eigenvalue weighted by molar-refractivity contribution is 5.94. The number of ether oxygens (including phenoxy) is 1. The summed E-state index contributed by atoms with van der Waals surface area (Å²) in [6.45, 7) is 1.66. The second-order valence-corrected chi connectivity index (χ2v) is 4.93. The summed E-state index contributed by atoms with van der Waals surface area (Å²) in [4.78, 5) is 11.9. The minimum absolute atomic E-state index is 0.0585. The number of carbonyl (C=O) groups excluding carboxylic acids is 1. The van der Waals surface area contributed by atoms with Gasteiger partial charge in [0.15, 0.2) is 0 Å². The maximum absolute atomic E-state index is 11.9. The van der Waals surface area contributed by atoms with Gasteiger partial charge in [0.2, 0.25) is 0 Å². The molecule has 5 atom stereocenters. The smallest absolute Gasteiger partial charge is 0.251 e. The van der Waals surface area contributed by atoms with Crippen molar-refractivity contribution in [2.24, 2.45) is 0 Å². The molecule has 1 heterocycles. The second-order valence-electron chi connectivity index (χ2n) is 4.93. The lowest BCUT2D eigenvalue weighted by molar-refractivity contribution is -0.214. The third kappa shape index (κ3) is 3.16. The fraction of sp³-hybridized carbons (Fsp3) is 0.500. The van der Waals surface area contributed by atoms with Crippen LogP contribution in [0.1, 0.15) is 17.3 Å². The van der Waals surface area contributed by atoms with Crippen molar-refractivity contribution in [1.29, 1.82) is 0 Å². The van der Waals surface area contributed by atoms with Gasteiger partial charge in [-0.15, -0.1) is 0 Å². The SMILES string of the molecule is CC1O[C@H](CNC(=O)c2ccccc2)C(O)C(O)[C@@H]1O. The number of hydrogen-bond acceptors (Lipinski definition) is 5. The molecule has 4 N–H and O–H groups in total. The lowest BCUT2D eigenvalue weighted by atomic mass is 9.95. The average molecular weight is 281 g/mol. The number of aliphatic hydroxyl groups excluding tert-OH is 3. The van der Waals surface area contributed by atoms with Crippen LogP contribution in [0, 0.1) is 0 Å². The highest BCUT2D eigenvalue weighted by atomic mass is 16.5. The van der Waals surface area contributed by atoms with Crippen molar-refractivity contribution in [2.75, 3.05) is 6.54 Å². The van der Waals surface area contributed by atoms with Crippen molar-refractivity contribution in [3.8, 4) is 0 Å². The van der Waals surface area contributed by atoms with E-state index in [0.29, 0.717) is 5.56 Å². The van der Waals surface area contributed by atoms with Gasteiger partial charge in [0, 0.05) is 12.1 Å². The normalized spacial score (nSPS) is 33.7. The van der Waals surface area contributed by atoms with E-state index >= 15 is 0 Å². The molecule has 0 bridgehead atoms. The maximum atomic E-state index is 11.9. The molecular weight excluding hydrogens is 262 g/mol. The Balaban J connectivity index is 1.92. The number of benzene rings is 1. The molecule has 110 valence electrons. The Morgan fingerprint density at radius 3 is 2.45 bits per heavy atom. The molecule has 0 spiro atoms. The van der Waals surface area contributed by atoms with Gasteiger partial charge in [-0.25, -0.2) is 0 Å². The monoisotopic (exact) mass is 281 g/mol. The van der Waals surface area contributed by atoms with Crippen molar-refractivity contribution in [3.63, 3.8) is 0 Å². The molecule has 1 aliphatic rings. The molecule has 3 unspecified atom stereocenters. The number of amides is 1. The van der Waals surface area contributed by atoms with Gasteiger partial charge >= 0.3 is 0 Å². The molecule has 0 aromatic heterocycles. The standard InChI is InChI=1S/C14H19NO5/c1-8-11(16)13(18)12(17)10(20-8)7-15-14(19)9-5-3-2-4-6-9/h2-6,8,10-13,16-18H,7H2,1H3,(H,15,19)/t8?,10-,11-,12?,13?/m1/s1. The van der Waals surface area contributed by atoms with Crippen LogP contribution in [0.5, 0.6) is 0 Å². The van der Waals surface area contributed by atoms with E-state index in [0.717, 1.165) is 0 Å². The number of aliphatic hydroxyl groups is 3. The number of nitrogens with one attached hydrogen (secondary N) is 1. The predicted molar refractivity (Wildman–Crippen MR) is 71.1 cm³/mol. The van der Waals surface area contributed by atoms with Gasteiger partial charge < -0.3 is 25.4 Å². The van der Waals surface area contributed by atoms with Crippen molar-refractivity contribution < 1.29 is 24.9 Å². The van der Waals surface area contributed by atoms with Gasteiger partial charge in [0.05, 0.1) is 6.10 Å². The molecule has 6 heteroatoms. The third-order valence-corrected chi connectivity index (χ3v) is 3.45. The Morgan fingerprint density at radius 2 is 1.80 bits per heavy atom. The first-order valence-electron chi connectivity index (χ1n) is 6.53. The zero-order valence-electron chi connectivity index (χ0n) is 11.1. The first-order chi connectivity index (χ1) is 9.50. The van der Waals surface area contributed by atoms with Gasteiger partial charge in [0.1, 0.15) is 24.4 Å². The third-order valence-electron chi connectivity index (χ3n) is 3.45. The summed E-state index contributed by atoms with van der Waals surface area (Å²) in [5, 5.41) is 31.7. The molecule has 20 heavy (non-hydrogen) atoms. The molecule has 2 rings (SSSR count). The van der Waals surface area contributed by atoms with E-state index in [2.05, 4.69) is 5.32 Å². The first-order valence-corrected chi connectivity index (χ1v) is 6.53. The lowest BCUT2D eigenvalue weighted by Gasteiger charge is -2.39. The Hall–Kier alpha value is -1.47. The van der Waals surface area contributed by atoms with E-state index in [-0.39, 0.29) is 12.5 Å². The fourth-order valence-electron chi connectivity index (χ4n) is 2.19. The van der Waals surface area contributed by atoms with E-state index in [1.807, 2.05) is 6.07 Å². The van der Waals surface area contributed by atoms with Gasteiger partial charge in [0.25, 0.3) is 5.91 Å². The van der Waals surface area contributed by atoms with E-state index in [1.54, 1.807) is 31.2 Å². The van der Waals surface area contributed by atoms with Crippen molar-refractivity contribution in [1.82, 2.24) is 5.32 Å². The van der Waals surface area contributed by atoms with Crippen LogP contribution in [-0.2, 0) is 4.74 Å². The van der Waals surface area contributed by atoms with Gasteiger partial charge in [-0.1, -0.05) is 18.2 Å². The maximum Gasteiger partial charge on any atom is 0.251 e. The summed E-state index contributed by atoms with van der Waals surface area (Å²) in [6, 6.07) is 8.67. The Morgan fingerprint density at radius 1 is 1.15 bits per heavy atom. The van der Waals surface area contributed by atoms with Crippen LogP contribution in [0.25, 0.3) is 0 Å². The van der Waals surface area contributed by atoms with Crippen LogP contribution < -0.4 is 5.32 Å². The number of carbonyl (C=O) groups is 1. The van der Waals surface area contributed by atoms with Gasteiger partial charge in [-0.3, -0.25) is 4.79 Å². The van der Waals surface area contributed by atoms with Crippen LogP contribution in [0.2, 0.25) is 0 Å². The highest BCUT2D eigenvalue weighted by Gasteiger charge is 2.41. The Labute approximate surface area is 117 Å². The molecule has 1 amide bonds. The van der Waals surface area contributed by atoms with Crippen LogP contribution >= 0.6 is 0 Å². The quantitative estimate of drug-likeness (QED) is 0.586. The van der Waals surface area contributed by atoms with Crippen molar-refractivity contribution in [2.45, 2.75) is 37.4 Å². The largest absolute Gasteiger partial charge is 0.388 e. The van der Waals surface area contributed by atoms with Gasteiger partial charge in [-0.05, 0) is 19.1 Å². The van der Waals surface area contributed by atoms with E-state index in [4.69, 9.17) is 4.74 Å². The average Bonchev–Trinajstić information content (AvgIpc) is 2.48. The second kappa shape index (κ2) is 6.32. The van der Waals surface area contributed by atoms with E-state index in [9.17, 15) is 20.1 Å². The summed E-state index contributed by atoms with van der Waals surface area (Å²) in [5.41, 5.74) is 0.506. The molecular formula is C14H19NO5. The molecule has 1 aromatic carbocycles. The Bertz CT molecular complexity index is 452. The zero-order valence-corrected chi connectivity index (χ0v) is 11.1. The minimum Gasteiger partial charge on any atom is -0.388 e. The summed E-state index contributed by atoms with van der Waals surface area (Å²) in [7, 11) is 0. The summed E-state index contributed by atoms with van der Waals surface area (Å²) >= 11 is 0. The Kier molecular flexibility index (Phi) is 4.72. The number of hydrogen-bond donors (Lipinski definition) is 4. The summed E-state index contributed by atoms with van der Waals surface area (Å²) in [6.07, 6.45) is -5.01. The molecule has 1 fully saturated rings. The minimum atomic E-state index is -1.28. The highest BCUT2D eigenvalue weighted by Crippen LogP contribution is 2.20.